The molecule has 0 N–H and O–H groups in total. The van der Waals surface area contributed by atoms with Gasteiger partial charge in [0.25, 0.3) is 0 Å². The van der Waals surface area contributed by atoms with Gasteiger partial charge >= 0.3 is 0 Å². The van der Waals surface area contributed by atoms with E-state index in [9.17, 15) is 0 Å². The summed E-state index contributed by atoms with van der Waals surface area (Å²) in [6, 6.07) is 7.06. The Kier molecular flexibility index (Phi) is 5.92. The molecule has 0 saturated heterocycles. The van der Waals surface area contributed by atoms with Crippen molar-refractivity contribution in [3.63, 3.8) is 0 Å². The molecule has 1 aliphatic rings. The molecule has 0 radical (unpaired) electrons. The van der Waals surface area contributed by atoms with Crippen molar-refractivity contribution in [2.75, 3.05) is 0 Å². The van der Waals surface area contributed by atoms with Gasteiger partial charge in [-0.05, 0) is 93.8 Å². The summed E-state index contributed by atoms with van der Waals surface area (Å²) in [6.45, 7) is 15.9. The molecule has 0 aliphatic carbocycles. The molecule has 0 nitrogen and oxygen atoms in total. The van der Waals surface area contributed by atoms with E-state index in [1.54, 1.807) is 0 Å². The summed E-state index contributed by atoms with van der Waals surface area (Å²) in [6.07, 6.45) is 0.977. The second-order valence-corrected chi connectivity index (χ2v) is 11.3. The second-order valence-electron chi connectivity index (χ2n) is 8.89. The molecule has 4 heteroatoms. The highest BCUT2D eigenvalue weighted by Gasteiger charge is 2.37. The van der Waals surface area contributed by atoms with Gasteiger partial charge < -0.3 is 0 Å². The zero-order chi connectivity index (χ0) is 22.1. The van der Waals surface area contributed by atoms with Crippen molar-refractivity contribution in [3.8, 4) is 0 Å². The summed E-state index contributed by atoms with van der Waals surface area (Å²) < 4.78 is 3.72. The van der Waals surface area contributed by atoms with Crippen LogP contribution in [0.15, 0.2) is 31.6 Å². The summed E-state index contributed by atoms with van der Waals surface area (Å²) in [7, 11) is 0. The third-order valence-electron chi connectivity index (χ3n) is 6.78. The highest BCUT2D eigenvalue weighted by atomic mass is 79.9. The smallest absolute Gasteiger partial charge is 0.0618 e. The van der Waals surface area contributed by atoms with E-state index >= 15 is 0 Å². The summed E-state index contributed by atoms with van der Waals surface area (Å²) in [5.41, 5.74) is 16.7. The predicted molar refractivity (Wildman–Crippen MR) is 143 cm³/mol. The fourth-order valence-corrected chi connectivity index (χ4v) is 6.61. The largest absolute Gasteiger partial charge is 0.243 e. The van der Waals surface area contributed by atoms with E-state index in [4.69, 9.17) is 0 Å². The van der Waals surface area contributed by atoms with Crippen molar-refractivity contribution < 1.29 is 0 Å². The van der Waals surface area contributed by atoms with Crippen LogP contribution in [-0.4, -0.2) is 6.71 Å². The molecule has 154 valence electrons. The third kappa shape index (κ3) is 3.29. The van der Waals surface area contributed by atoms with Crippen LogP contribution in [0.1, 0.15) is 50.1 Å². The lowest BCUT2D eigenvalue weighted by molar-refractivity contribution is 1.14. The van der Waals surface area contributed by atoms with Crippen LogP contribution in [0.2, 0.25) is 0 Å². The van der Waals surface area contributed by atoms with E-state index < -0.39 is 0 Å². The molecule has 0 amide bonds. The number of fused-ring (bicyclic) bond motifs is 2. The standard InChI is InChI=1S/C26H26BBr3/c1-12-8-14(3)24(28)17(6)21(12)27-22-13(2)9-15(4)26(30)20(22)11-19-10-16(5)25(29)18(7)23(19)27/h8-10H,11H2,1-7H3. The van der Waals surface area contributed by atoms with Crippen LogP contribution >= 0.6 is 47.8 Å². The Morgan fingerprint density at radius 1 is 0.567 bits per heavy atom. The van der Waals surface area contributed by atoms with E-state index in [1.165, 1.54) is 79.9 Å². The Hall–Kier alpha value is -0.835. The van der Waals surface area contributed by atoms with Crippen LogP contribution in [0.5, 0.6) is 0 Å². The lowest BCUT2D eigenvalue weighted by Gasteiger charge is -2.34. The van der Waals surface area contributed by atoms with Gasteiger partial charge in [0.05, 0.1) is 0 Å². The van der Waals surface area contributed by atoms with Crippen molar-refractivity contribution in [2.24, 2.45) is 0 Å². The number of aryl methyl sites for hydroxylation is 5. The first-order valence-corrected chi connectivity index (χ1v) is 12.8. The lowest BCUT2D eigenvalue weighted by atomic mass is 9.31. The molecule has 3 aromatic carbocycles. The molecule has 0 spiro atoms. The van der Waals surface area contributed by atoms with Gasteiger partial charge in [0.1, 0.15) is 0 Å². The molecule has 1 aliphatic heterocycles. The third-order valence-corrected chi connectivity index (χ3v) is 10.3. The van der Waals surface area contributed by atoms with Gasteiger partial charge in [0.15, 0.2) is 0 Å². The molecule has 0 unspecified atom stereocenters. The SMILES string of the molecule is Cc1cc(C)c(B2c3c(cc(C)c(Br)c3C)Cc3c(Br)c(C)cc(C)c32)c(C)c1Br. The van der Waals surface area contributed by atoms with Crippen LogP contribution in [0, 0.1) is 48.5 Å². The quantitative estimate of drug-likeness (QED) is 0.221. The molecular formula is C26H26BBr3. The number of benzene rings is 3. The summed E-state index contributed by atoms with van der Waals surface area (Å²) in [5, 5.41) is 0. The van der Waals surface area contributed by atoms with E-state index in [0.29, 0.717) is 0 Å². The van der Waals surface area contributed by atoms with Crippen molar-refractivity contribution in [2.45, 2.75) is 54.9 Å². The maximum atomic E-state index is 3.95. The lowest BCUT2D eigenvalue weighted by Crippen LogP contribution is -2.60. The van der Waals surface area contributed by atoms with Crippen LogP contribution < -0.4 is 16.4 Å². The van der Waals surface area contributed by atoms with Crippen molar-refractivity contribution in [1.29, 1.82) is 0 Å². The molecule has 0 atom stereocenters. The van der Waals surface area contributed by atoms with Crippen LogP contribution in [-0.2, 0) is 6.42 Å². The molecular weight excluding hydrogens is 563 g/mol. The highest BCUT2D eigenvalue weighted by Crippen LogP contribution is 2.32. The summed E-state index contributed by atoms with van der Waals surface area (Å²) >= 11 is 11.7. The van der Waals surface area contributed by atoms with Crippen LogP contribution in [0.25, 0.3) is 0 Å². The fourth-order valence-electron chi connectivity index (χ4n) is 5.48. The minimum absolute atomic E-state index is 0.231. The minimum atomic E-state index is 0.231. The number of hydrogen-bond acceptors (Lipinski definition) is 0. The molecule has 0 bridgehead atoms. The first kappa shape index (κ1) is 22.4. The second kappa shape index (κ2) is 7.94. The molecule has 30 heavy (non-hydrogen) atoms. The van der Waals surface area contributed by atoms with Gasteiger partial charge in [-0.2, -0.15) is 0 Å². The normalized spacial score (nSPS) is 12.8. The van der Waals surface area contributed by atoms with E-state index in [2.05, 4.69) is 114 Å². The number of halogens is 3. The Bertz CT molecular complexity index is 1190. The molecule has 0 saturated carbocycles. The first-order chi connectivity index (χ1) is 14.0. The van der Waals surface area contributed by atoms with Crippen molar-refractivity contribution in [1.82, 2.24) is 0 Å². The Morgan fingerprint density at radius 3 is 1.63 bits per heavy atom. The zero-order valence-corrected chi connectivity index (χ0v) is 23.4. The number of rotatable bonds is 1. The predicted octanol–water partition coefficient (Wildman–Crippen LogP) is 6.55. The Balaban J connectivity index is 2.19. The Morgan fingerprint density at radius 2 is 1.03 bits per heavy atom. The summed E-state index contributed by atoms with van der Waals surface area (Å²) in [5.74, 6) is 0. The molecule has 3 aromatic rings. The van der Waals surface area contributed by atoms with E-state index in [0.717, 1.165) is 6.42 Å². The van der Waals surface area contributed by atoms with E-state index in [-0.39, 0.29) is 6.71 Å². The average molecular weight is 589 g/mol. The van der Waals surface area contributed by atoms with Gasteiger partial charge in [-0.3, -0.25) is 0 Å². The van der Waals surface area contributed by atoms with Gasteiger partial charge in [-0.15, -0.1) is 0 Å². The molecule has 0 fully saturated rings. The van der Waals surface area contributed by atoms with Crippen LogP contribution in [0.3, 0.4) is 0 Å². The van der Waals surface area contributed by atoms with Crippen molar-refractivity contribution in [3.05, 3.63) is 81.7 Å². The summed E-state index contributed by atoms with van der Waals surface area (Å²) in [4.78, 5) is 0. The van der Waals surface area contributed by atoms with Gasteiger partial charge in [0, 0.05) is 13.4 Å². The van der Waals surface area contributed by atoms with Gasteiger partial charge in [-0.1, -0.05) is 93.5 Å². The fraction of sp³-hybridized carbons (Fsp3) is 0.308. The van der Waals surface area contributed by atoms with Gasteiger partial charge in [-0.25, -0.2) is 0 Å². The molecule has 0 aromatic heterocycles. The van der Waals surface area contributed by atoms with Crippen molar-refractivity contribution >= 4 is 70.9 Å². The minimum Gasteiger partial charge on any atom is -0.0618 e. The van der Waals surface area contributed by atoms with Gasteiger partial charge in [0.2, 0.25) is 6.71 Å². The molecule has 4 rings (SSSR count). The number of hydrogen-bond donors (Lipinski definition) is 0. The van der Waals surface area contributed by atoms with E-state index in [1.807, 2.05) is 0 Å². The highest BCUT2D eigenvalue weighted by molar-refractivity contribution is 9.11. The van der Waals surface area contributed by atoms with Crippen LogP contribution in [0.4, 0.5) is 0 Å². The maximum absolute atomic E-state index is 3.95. The monoisotopic (exact) mass is 586 g/mol. The molecule has 1 heterocycles. The Labute approximate surface area is 206 Å². The zero-order valence-electron chi connectivity index (χ0n) is 18.7. The topological polar surface area (TPSA) is 0 Å². The maximum Gasteiger partial charge on any atom is 0.243 e. The first-order valence-electron chi connectivity index (χ1n) is 10.4. The average Bonchev–Trinajstić information content (AvgIpc) is 2.68.